The second-order valence-electron chi connectivity index (χ2n) is 8.26. The summed E-state index contributed by atoms with van der Waals surface area (Å²) in [5.74, 6) is 1.70. The number of fused-ring (bicyclic) bond motifs is 3. The molecule has 3 atom stereocenters. The molecule has 4 rings (SSSR count). The lowest BCUT2D eigenvalue weighted by Gasteiger charge is -2.31. The molecule has 1 aliphatic heterocycles. The lowest BCUT2D eigenvalue weighted by Crippen LogP contribution is -3.15. The summed E-state index contributed by atoms with van der Waals surface area (Å²) in [6.07, 6.45) is 1.23. The van der Waals surface area contributed by atoms with Crippen LogP contribution < -0.4 is 15.8 Å². The van der Waals surface area contributed by atoms with E-state index in [4.69, 9.17) is 4.42 Å². The number of rotatable bonds is 3. The van der Waals surface area contributed by atoms with Crippen LogP contribution in [0.15, 0.2) is 39.5 Å². The molecule has 1 unspecified atom stereocenters. The fourth-order valence-electron chi connectivity index (χ4n) is 4.57. The number of hydrogen-bond acceptors (Lipinski definition) is 4. The van der Waals surface area contributed by atoms with Gasteiger partial charge in [0.2, 0.25) is 0 Å². The third kappa shape index (κ3) is 3.64. The van der Waals surface area contributed by atoms with Gasteiger partial charge in [0.05, 0.1) is 24.0 Å². The zero-order chi connectivity index (χ0) is 19.8. The van der Waals surface area contributed by atoms with Crippen molar-refractivity contribution < 1.29 is 14.1 Å². The number of likely N-dealkylation sites (tertiary alicyclic amines) is 1. The van der Waals surface area contributed by atoms with Crippen LogP contribution in [0.5, 0.6) is 0 Å². The van der Waals surface area contributed by atoms with Crippen molar-refractivity contribution in [2.75, 3.05) is 25.0 Å². The van der Waals surface area contributed by atoms with Gasteiger partial charge in [-0.3, -0.25) is 4.79 Å². The van der Waals surface area contributed by atoms with E-state index in [1.165, 1.54) is 11.3 Å². The van der Waals surface area contributed by atoms with Crippen LogP contribution >= 0.6 is 0 Å². The van der Waals surface area contributed by atoms with Crippen LogP contribution in [0, 0.1) is 18.8 Å². The Labute approximate surface area is 163 Å². The fourth-order valence-corrected chi connectivity index (χ4v) is 4.57. The van der Waals surface area contributed by atoms with E-state index in [1.54, 1.807) is 12.1 Å². The smallest absolute Gasteiger partial charge is 0.346 e. The van der Waals surface area contributed by atoms with Gasteiger partial charge in [0, 0.05) is 17.2 Å². The number of hydrogen-bond donors (Lipinski definition) is 2. The molecule has 2 N–H and O–H groups in total. The average molecular weight is 380 g/mol. The van der Waals surface area contributed by atoms with E-state index < -0.39 is 5.63 Å². The molecular formula is C22H26N3O3+. The van der Waals surface area contributed by atoms with Gasteiger partial charge in [0.25, 0.3) is 5.91 Å². The first-order chi connectivity index (χ1) is 13.4. The largest absolute Gasteiger partial charge is 0.422 e. The topological polar surface area (TPSA) is 76.6 Å². The van der Waals surface area contributed by atoms with E-state index in [2.05, 4.69) is 24.1 Å². The second kappa shape index (κ2) is 7.36. The van der Waals surface area contributed by atoms with Crippen molar-refractivity contribution >= 4 is 33.6 Å². The minimum atomic E-state index is -0.405. The Kier molecular flexibility index (Phi) is 4.89. The number of nitrogens with one attached hydrogen (secondary N) is 2. The first-order valence-corrected chi connectivity index (χ1v) is 9.87. The van der Waals surface area contributed by atoms with Crippen molar-refractivity contribution in [2.24, 2.45) is 11.8 Å². The number of para-hydroxylation sites is 1. The minimum absolute atomic E-state index is 0.0465. The summed E-state index contributed by atoms with van der Waals surface area (Å²) in [5, 5.41) is 4.16. The number of pyridine rings is 1. The average Bonchev–Trinajstić information content (AvgIpc) is 2.60. The van der Waals surface area contributed by atoms with Gasteiger partial charge in [0.1, 0.15) is 11.4 Å². The standard InChI is InChI=1S/C22H25N3O3/c1-13-8-14(2)11-25(10-13)12-19(26)23-18-9-15(3)20-21(24-18)16-6-4-5-7-17(16)28-22(20)27/h4-7,9,13-14H,8,10-12H2,1-3H3,(H,23,24,26)/p+1/t13-,14+. The van der Waals surface area contributed by atoms with Crippen LogP contribution in [0.1, 0.15) is 25.8 Å². The lowest BCUT2D eigenvalue weighted by molar-refractivity contribution is -0.904. The summed E-state index contributed by atoms with van der Waals surface area (Å²) < 4.78 is 5.41. The Morgan fingerprint density at radius 1 is 1.25 bits per heavy atom. The molecule has 146 valence electrons. The summed E-state index contributed by atoms with van der Waals surface area (Å²) in [6, 6.07) is 9.06. The monoisotopic (exact) mass is 380 g/mol. The minimum Gasteiger partial charge on any atom is -0.422 e. The molecule has 28 heavy (non-hydrogen) atoms. The Bertz CT molecular complexity index is 1100. The van der Waals surface area contributed by atoms with E-state index in [0.717, 1.165) is 24.0 Å². The first-order valence-electron chi connectivity index (χ1n) is 9.87. The van der Waals surface area contributed by atoms with Gasteiger partial charge in [0.15, 0.2) is 6.54 Å². The van der Waals surface area contributed by atoms with Crippen molar-refractivity contribution in [2.45, 2.75) is 27.2 Å². The van der Waals surface area contributed by atoms with Crippen LogP contribution in [0.3, 0.4) is 0 Å². The number of amides is 1. The predicted octanol–water partition coefficient (Wildman–Crippen LogP) is 2.15. The van der Waals surface area contributed by atoms with Gasteiger partial charge in [-0.05, 0) is 37.1 Å². The maximum atomic E-state index is 12.6. The summed E-state index contributed by atoms with van der Waals surface area (Å²) in [4.78, 5) is 30.9. The SMILES string of the molecule is Cc1cc(NC(=O)C[NH+]2C[C@H](C)C[C@H](C)C2)nc2c1c(=O)oc1ccccc12. The Morgan fingerprint density at radius 3 is 2.71 bits per heavy atom. The highest BCUT2D eigenvalue weighted by molar-refractivity contribution is 6.04. The number of benzene rings is 1. The molecule has 3 aromatic rings. The first kappa shape index (κ1) is 18.6. The molecule has 0 radical (unpaired) electrons. The van der Waals surface area contributed by atoms with Crippen LogP contribution in [0.2, 0.25) is 0 Å². The molecular weight excluding hydrogens is 354 g/mol. The number of piperidine rings is 1. The van der Waals surface area contributed by atoms with E-state index in [-0.39, 0.29) is 5.91 Å². The molecule has 2 aromatic heterocycles. The number of aryl methyl sites for hydroxylation is 1. The molecule has 0 aliphatic carbocycles. The molecule has 1 amide bonds. The highest BCUT2D eigenvalue weighted by atomic mass is 16.4. The van der Waals surface area contributed by atoms with Gasteiger partial charge in [-0.2, -0.15) is 0 Å². The highest BCUT2D eigenvalue weighted by Gasteiger charge is 2.27. The number of anilines is 1. The van der Waals surface area contributed by atoms with Crippen molar-refractivity contribution in [1.29, 1.82) is 0 Å². The van der Waals surface area contributed by atoms with Crippen LogP contribution in [0.25, 0.3) is 21.9 Å². The van der Waals surface area contributed by atoms with Crippen LogP contribution in [-0.2, 0) is 4.79 Å². The molecule has 0 spiro atoms. The number of carbonyl (C=O) groups excluding carboxylic acids is 1. The van der Waals surface area contributed by atoms with Gasteiger partial charge < -0.3 is 14.6 Å². The summed E-state index contributed by atoms with van der Waals surface area (Å²) in [6.45, 7) is 8.81. The molecule has 6 nitrogen and oxygen atoms in total. The lowest BCUT2D eigenvalue weighted by atomic mass is 9.92. The Hall–Kier alpha value is -2.73. The normalized spacial score (nSPS) is 22.5. The number of quaternary nitrogens is 1. The van der Waals surface area contributed by atoms with Crippen LogP contribution in [-0.4, -0.2) is 30.5 Å². The van der Waals surface area contributed by atoms with Gasteiger partial charge in [-0.25, -0.2) is 9.78 Å². The predicted molar refractivity (Wildman–Crippen MR) is 110 cm³/mol. The van der Waals surface area contributed by atoms with E-state index >= 15 is 0 Å². The summed E-state index contributed by atoms with van der Waals surface area (Å²) >= 11 is 0. The van der Waals surface area contributed by atoms with Crippen molar-refractivity contribution in [1.82, 2.24) is 4.98 Å². The molecule has 1 fully saturated rings. The summed E-state index contributed by atoms with van der Waals surface area (Å²) in [7, 11) is 0. The molecule has 6 heteroatoms. The molecule has 3 heterocycles. The molecule has 1 aromatic carbocycles. The molecule has 1 aliphatic rings. The quantitative estimate of drug-likeness (QED) is 0.539. The Balaban J connectivity index is 1.63. The molecule has 0 bridgehead atoms. The van der Waals surface area contributed by atoms with E-state index in [0.29, 0.717) is 40.7 Å². The van der Waals surface area contributed by atoms with Gasteiger partial charge in [-0.1, -0.05) is 26.0 Å². The van der Waals surface area contributed by atoms with Crippen molar-refractivity contribution in [3.63, 3.8) is 0 Å². The number of aromatic nitrogens is 1. The fraction of sp³-hybridized carbons (Fsp3) is 0.409. The maximum absolute atomic E-state index is 12.6. The zero-order valence-corrected chi connectivity index (χ0v) is 16.5. The summed E-state index contributed by atoms with van der Waals surface area (Å²) in [5.41, 5.74) is 1.40. The number of nitrogens with zero attached hydrogens (tertiary/aromatic N) is 1. The third-order valence-corrected chi connectivity index (χ3v) is 5.52. The molecule has 0 saturated carbocycles. The van der Waals surface area contributed by atoms with E-state index in [1.807, 2.05) is 25.1 Å². The van der Waals surface area contributed by atoms with Gasteiger partial charge in [-0.15, -0.1) is 0 Å². The van der Waals surface area contributed by atoms with E-state index in [9.17, 15) is 9.59 Å². The van der Waals surface area contributed by atoms with Crippen LogP contribution in [0.4, 0.5) is 5.82 Å². The third-order valence-electron chi connectivity index (χ3n) is 5.52. The zero-order valence-electron chi connectivity index (χ0n) is 16.5. The number of carbonyl (C=O) groups is 1. The maximum Gasteiger partial charge on any atom is 0.346 e. The van der Waals surface area contributed by atoms with Crippen molar-refractivity contribution in [3.05, 3.63) is 46.3 Å². The highest BCUT2D eigenvalue weighted by Crippen LogP contribution is 2.25. The molecule has 1 saturated heterocycles. The Morgan fingerprint density at radius 2 is 1.96 bits per heavy atom. The second-order valence-corrected chi connectivity index (χ2v) is 8.26. The van der Waals surface area contributed by atoms with Gasteiger partial charge >= 0.3 is 5.63 Å². The van der Waals surface area contributed by atoms with Crippen molar-refractivity contribution in [3.8, 4) is 0 Å².